The molecule has 1 aliphatic rings. The highest BCUT2D eigenvalue weighted by atomic mass is 32.2. The van der Waals surface area contributed by atoms with Gasteiger partial charge in [0.05, 0.1) is 23.9 Å². The summed E-state index contributed by atoms with van der Waals surface area (Å²) in [4.78, 5) is 4.87. The summed E-state index contributed by atoms with van der Waals surface area (Å²) in [7, 11) is -1.87. The quantitative estimate of drug-likeness (QED) is 0.395. The van der Waals surface area contributed by atoms with E-state index in [1.807, 2.05) is 35.7 Å². The van der Waals surface area contributed by atoms with Gasteiger partial charge in [-0.25, -0.2) is 13.4 Å². The highest BCUT2D eigenvalue weighted by Crippen LogP contribution is 2.28. The first kappa shape index (κ1) is 22.4. The van der Waals surface area contributed by atoms with E-state index in [9.17, 15) is 8.42 Å². The van der Waals surface area contributed by atoms with Crippen LogP contribution in [0.15, 0.2) is 63.9 Å². The molecule has 9 heteroatoms. The molecule has 1 N–H and O–H groups in total. The average molecular weight is 471 g/mol. The molecule has 0 spiro atoms. The molecular formula is C23H26N4O3S2. The zero-order chi connectivity index (χ0) is 22.4. The normalized spacial score (nSPS) is 15.5. The van der Waals surface area contributed by atoms with Gasteiger partial charge in [-0.2, -0.15) is 9.41 Å². The Kier molecular flexibility index (Phi) is 7.19. The van der Waals surface area contributed by atoms with Crippen molar-refractivity contribution >= 4 is 32.7 Å². The van der Waals surface area contributed by atoms with Gasteiger partial charge in [0.25, 0.3) is 0 Å². The van der Waals surface area contributed by atoms with Crippen LogP contribution in [0.3, 0.4) is 0 Å². The molecular weight excluding hydrogens is 444 g/mol. The summed E-state index contributed by atoms with van der Waals surface area (Å²) in [6, 6.07) is 14.6. The molecule has 0 saturated carbocycles. The number of sulfonamides is 1. The fourth-order valence-electron chi connectivity index (χ4n) is 3.56. The second-order valence-electron chi connectivity index (χ2n) is 7.53. The van der Waals surface area contributed by atoms with Crippen LogP contribution in [0.2, 0.25) is 0 Å². The molecule has 0 amide bonds. The van der Waals surface area contributed by atoms with Crippen LogP contribution in [0.4, 0.5) is 5.13 Å². The van der Waals surface area contributed by atoms with Crippen molar-refractivity contribution in [2.75, 3.05) is 25.6 Å². The number of nitrogens with one attached hydrogen (secondary N) is 1. The maximum Gasteiger partial charge on any atom is 0.243 e. The minimum Gasteiger partial charge on any atom is -0.497 e. The van der Waals surface area contributed by atoms with Crippen molar-refractivity contribution in [3.05, 3.63) is 59.5 Å². The van der Waals surface area contributed by atoms with E-state index in [-0.39, 0.29) is 0 Å². The molecule has 0 bridgehead atoms. The molecule has 4 rings (SSSR count). The first-order chi connectivity index (χ1) is 15.6. The maximum atomic E-state index is 13.1. The maximum absolute atomic E-state index is 13.1. The Balaban J connectivity index is 1.46. The highest BCUT2D eigenvalue weighted by molar-refractivity contribution is 7.89. The molecule has 1 fully saturated rings. The van der Waals surface area contributed by atoms with Gasteiger partial charge in [0, 0.05) is 24.0 Å². The number of ether oxygens (including phenoxy) is 1. The topological polar surface area (TPSA) is 83.9 Å². The highest BCUT2D eigenvalue weighted by Gasteiger charge is 2.25. The molecule has 32 heavy (non-hydrogen) atoms. The number of methoxy groups -OCH3 is 1. The number of anilines is 1. The van der Waals surface area contributed by atoms with Crippen molar-refractivity contribution in [3.63, 3.8) is 0 Å². The summed E-state index contributed by atoms with van der Waals surface area (Å²) in [5.41, 5.74) is 5.35. The molecule has 7 nitrogen and oxygen atoms in total. The predicted molar refractivity (Wildman–Crippen MR) is 129 cm³/mol. The first-order valence-corrected chi connectivity index (χ1v) is 12.9. The van der Waals surface area contributed by atoms with Crippen molar-refractivity contribution in [1.82, 2.24) is 9.29 Å². The van der Waals surface area contributed by atoms with E-state index in [1.54, 1.807) is 35.8 Å². The van der Waals surface area contributed by atoms with Gasteiger partial charge in [0.15, 0.2) is 0 Å². The summed E-state index contributed by atoms with van der Waals surface area (Å²) in [5, 5.41) is 6.75. The third-order valence-corrected chi connectivity index (χ3v) is 7.97. The van der Waals surface area contributed by atoms with Gasteiger partial charge in [-0.3, -0.25) is 5.43 Å². The summed E-state index contributed by atoms with van der Waals surface area (Å²) < 4.78 is 33.0. The fourth-order valence-corrected chi connectivity index (χ4v) is 5.79. The number of hydrogen-bond acceptors (Lipinski definition) is 7. The number of hydrazone groups is 1. The van der Waals surface area contributed by atoms with Crippen LogP contribution < -0.4 is 10.2 Å². The Bertz CT molecular complexity index is 1170. The molecule has 2 aromatic carbocycles. The van der Waals surface area contributed by atoms with Gasteiger partial charge in [-0.15, -0.1) is 11.3 Å². The van der Waals surface area contributed by atoms with E-state index >= 15 is 0 Å². The largest absolute Gasteiger partial charge is 0.497 e. The standard InChI is InChI=1S/C23H26N4O3S2/c1-30-20-11-9-18(10-12-20)16-24-26-23-25-22(17-31-23)19-7-6-8-21(15-19)32(28,29)27-13-4-2-3-5-14-27/h6-12,15-17H,2-5,13-14H2,1H3,(H,25,26). The Morgan fingerprint density at radius 1 is 1.09 bits per heavy atom. The Hall–Kier alpha value is -2.75. The monoisotopic (exact) mass is 470 g/mol. The van der Waals surface area contributed by atoms with Gasteiger partial charge in [0.1, 0.15) is 5.75 Å². The summed E-state index contributed by atoms with van der Waals surface area (Å²) in [6.45, 7) is 1.17. The summed E-state index contributed by atoms with van der Waals surface area (Å²) >= 11 is 1.41. The number of thiazole rings is 1. The van der Waals surface area contributed by atoms with E-state index in [0.29, 0.717) is 28.8 Å². The van der Waals surface area contributed by atoms with Gasteiger partial charge >= 0.3 is 0 Å². The smallest absolute Gasteiger partial charge is 0.243 e. The van der Waals surface area contributed by atoms with E-state index in [4.69, 9.17) is 4.74 Å². The van der Waals surface area contributed by atoms with Crippen LogP contribution >= 0.6 is 11.3 Å². The van der Waals surface area contributed by atoms with Crippen LogP contribution in [-0.2, 0) is 10.0 Å². The molecule has 0 unspecified atom stereocenters. The van der Waals surface area contributed by atoms with Crippen molar-refractivity contribution in [2.45, 2.75) is 30.6 Å². The first-order valence-electron chi connectivity index (χ1n) is 10.6. The van der Waals surface area contributed by atoms with Crippen molar-refractivity contribution in [3.8, 4) is 17.0 Å². The minimum atomic E-state index is -3.50. The lowest BCUT2D eigenvalue weighted by atomic mass is 10.2. The molecule has 1 aromatic heterocycles. The van der Waals surface area contributed by atoms with Gasteiger partial charge in [-0.1, -0.05) is 25.0 Å². The number of nitrogens with zero attached hydrogens (tertiary/aromatic N) is 3. The van der Waals surface area contributed by atoms with Crippen LogP contribution in [0.1, 0.15) is 31.2 Å². The lowest BCUT2D eigenvalue weighted by molar-refractivity contribution is 0.415. The molecule has 0 aliphatic carbocycles. The number of aromatic nitrogens is 1. The average Bonchev–Trinajstić information content (AvgIpc) is 3.11. The second kappa shape index (κ2) is 10.2. The molecule has 1 saturated heterocycles. The van der Waals surface area contributed by atoms with Gasteiger partial charge in [-0.05, 0) is 54.8 Å². The van der Waals surface area contributed by atoms with E-state index in [2.05, 4.69) is 15.5 Å². The van der Waals surface area contributed by atoms with Gasteiger partial charge < -0.3 is 4.74 Å². The van der Waals surface area contributed by atoms with Crippen LogP contribution in [0, 0.1) is 0 Å². The molecule has 2 heterocycles. The summed E-state index contributed by atoms with van der Waals surface area (Å²) in [6.07, 6.45) is 5.70. The Morgan fingerprint density at radius 3 is 2.56 bits per heavy atom. The van der Waals surface area contributed by atoms with Crippen LogP contribution in [0.5, 0.6) is 5.75 Å². The van der Waals surface area contributed by atoms with Crippen molar-refractivity contribution in [2.24, 2.45) is 5.10 Å². The second-order valence-corrected chi connectivity index (χ2v) is 10.3. The van der Waals surface area contributed by atoms with Crippen LogP contribution in [-0.4, -0.2) is 44.1 Å². The van der Waals surface area contributed by atoms with Crippen molar-refractivity contribution < 1.29 is 13.2 Å². The van der Waals surface area contributed by atoms with Crippen LogP contribution in [0.25, 0.3) is 11.3 Å². The zero-order valence-corrected chi connectivity index (χ0v) is 19.5. The minimum absolute atomic E-state index is 0.317. The van der Waals surface area contributed by atoms with Crippen molar-refractivity contribution in [1.29, 1.82) is 0 Å². The van der Waals surface area contributed by atoms with E-state index in [1.165, 1.54) is 11.3 Å². The molecule has 3 aromatic rings. The predicted octanol–water partition coefficient (Wildman–Crippen LogP) is 4.83. The lowest BCUT2D eigenvalue weighted by Gasteiger charge is -2.20. The SMILES string of the molecule is COc1ccc(C=NNc2nc(-c3cccc(S(=O)(=O)N4CCCCCC4)c3)cs2)cc1. The molecule has 0 radical (unpaired) electrons. The zero-order valence-electron chi connectivity index (χ0n) is 17.9. The van der Waals surface area contributed by atoms with E-state index < -0.39 is 10.0 Å². The lowest BCUT2D eigenvalue weighted by Crippen LogP contribution is -2.31. The Morgan fingerprint density at radius 2 is 1.84 bits per heavy atom. The van der Waals surface area contributed by atoms with E-state index in [0.717, 1.165) is 42.6 Å². The third kappa shape index (κ3) is 5.35. The Labute approximate surface area is 192 Å². The molecule has 168 valence electrons. The third-order valence-electron chi connectivity index (χ3n) is 5.33. The number of benzene rings is 2. The van der Waals surface area contributed by atoms with Gasteiger partial charge in [0.2, 0.25) is 15.2 Å². The summed E-state index contributed by atoms with van der Waals surface area (Å²) in [5.74, 6) is 0.791. The molecule has 0 atom stereocenters. The molecule has 1 aliphatic heterocycles. The number of hydrogen-bond donors (Lipinski definition) is 1. The fraction of sp³-hybridized carbons (Fsp3) is 0.304. The number of rotatable bonds is 7.